The Morgan fingerprint density at radius 2 is 2.25 bits per heavy atom. The number of carbonyl (C=O) groups is 1. The van der Waals surface area contributed by atoms with Crippen molar-refractivity contribution in [3.63, 3.8) is 0 Å². The molecule has 108 valence electrons. The minimum Gasteiger partial charge on any atom is -0.397 e. The van der Waals surface area contributed by atoms with Crippen molar-refractivity contribution in [3.8, 4) is 6.07 Å². The molecular formula is C14H19ClN4O. The normalized spacial score (nSPS) is 10.6. The quantitative estimate of drug-likeness (QED) is 0.790. The van der Waals surface area contributed by atoms with E-state index in [9.17, 15) is 4.79 Å². The van der Waals surface area contributed by atoms with Crippen LogP contribution in [-0.2, 0) is 4.79 Å². The number of nitriles is 1. The first-order valence-electron chi connectivity index (χ1n) is 6.40. The smallest absolute Gasteiger partial charge is 0.238 e. The van der Waals surface area contributed by atoms with Crippen molar-refractivity contribution < 1.29 is 4.79 Å². The maximum atomic E-state index is 12.0. The van der Waals surface area contributed by atoms with Crippen molar-refractivity contribution in [2.24, 2.45) is 0 Å². The van der Waals surface area contributed by atoms with E-state index in [1.165, 1.54) is 0 Å². The van der Waals surface area contributed by atoms with Crippen LogP contribution in [0.1, 0.15) is 20.3 Å². The molecule has 0 spiro atoms. The summed E-state index contributed by atoms with van der Waals surface area (Å²) in [5.74, 6) is -0.140. The van der Waals surface area contributed by atoms with Crippen molar-refractivity contribution in [1.29, 1.82) is 5.26 Å². The Bertz CT molecular complexity index is 510. The predicted molar refractivity (Wildman–Crippen MR) is 81.4 cm³/mol. The monoisotopic (exact) mass is 294 g/mol. The van der Waals surface area contributed by atoms with E-state index in [-0.39, 0.29) is 18.5 Å². The zero-order chi connectivity index (χ0) is 15.1. The number of anilines is 2. The molecule has 3 N–H and O–H groups in total. The van der Waals surface area contributed by atoms with E-state index in [0.29, 0.717) is 29.4 Å². The highest BCUT2D eigenvalue weighted by molar-refractivity contribution is 6.33. The molecule has 0 saturated heterocycles. The maximum absolute atomic E-state index is 12.0. The molecule has 0 aliphatic heterocycles. The molecule has 0 radical (unpaired) electrons. The fourth-order valence-electron chi connectivity index (χ4n) is 1.72. The lowest BCUT2D eigenvalue weighted by Crippen LogP contribution is -2.38. The molecule has 1 aromatic carbocycles. The molecule has 6 heteroatoms. The zero-order valence-corrected chi connectivity index (χ0v) is 12.4. The van der Waals surface area contributed by atoms with E-state index in [1.807, 2.05) is 18.7 Å². The number of nitrogen functional groups attached to an aromatic ring is 1. The molecule has 0 saturated carbocycles. The fourth-order valence-corrected chi connectivity index (χ4v) is 1.84. The second-order valence-electron chi connectivity index (χ2n) is 4.76. The van der Waals surface area contributed by atoms with Gasteiger partial charge >= 0.3 is 0 Å². The summed E-state index contributed by atoms with van der Waals surface area (Å²) in [4.78, 5) is 13.9. The van der Waals surface area contributed by atoms with Gasteiger partial charge in [0.2, 0.25) is 5.91 Å². The first kappa shape index (κ1) is 16.3. The predicted octanol–water partition coefficient (Wildman–Crippen LogP) is 2.48. The molecule has 0 aromatic heterocycles. The van der Waals surface area contributed by atoms with Crippen LogP contribution in [0.2, 0.25) is 5.02 Å². The summed E-state index contributed by atoms with van der Waals surface area (Å²) in [6.45, 7) is 4.79. The third-order valence-electron chi connectivity index (χ3n) is 2.87. The number of benzene rings is 1. The minimum atomic E-state index is -0.140. The molecule has 1 rings (SSSR count). The highest BCUT2D eigenvalue weighted by Crippen LogP contribution is 2.22. The largest absolute Gasteiger partial charge is 0.397 e. The van der Waals surface area contributed by atoms with E-state index in [2.05, 4.69) is 11.4 Å². The fraction of sp³-hybridized carbons (Fsp3) is 0.429. The number of nitrogens with one attached hydrogen (secondary N) is 1. The molecule has 0 atom stereocenters. The van der Waals surface area contributed by atoms with Crippen LogP contribution >= 0.6 is 11.6 Å². The summed E-state index contributed by atoms with van der Waals surface area (Å²) in [6.07, 6.45) is 0.402. The van der Waals surface area contributed by atoms with Gasteiger partial charge in [-0.1, -0.05) is 11.6 Å². The number of amides is 1. The van der Waals surface area contributed by atoms with Crippen molar-refractivity contribution in [2.75, 3.05) is 24.1 Å². The molecule has 0 aliphatic carbocycles. The van der Waals surface area contributed by atoms with Gasteiger partial charge in [-0.2, -0.15) is 5.26 Å². The highest BCUT2D eigenvalue weighted by atomic mass is 35.5. The molecule has 0 fully saturated rings. The Balaban J connectivity index is 2.61. The zero-order valence-electron chi connectivity index (χ0n) is 11.7. The molecule has 0 aliphatic rings. The average Bonchev–Trinajstić information content (AvgIpc) is 2.38. The lowest BCUT2D eigenvalue weighted by Gasteiger charge is -2.24. The van der Waals surface area contributed by atoms with Gasteiger partial charge in [0.1, 0.15) is 0 Å². The number of hydrogen-bond donors (Lipinski definition) is 2. The molecule has 1 aromatic rings. The lowest BCUT2D eigenvalue weighted by atomic mass is 10.2. The Labute approximate surface area is 124 Å². The van der Waals surface area contributed by atoms with Crippen LogP contribution in [-0.4, -0.2) is 29.9 Å². The van der Waals surface area contributed by atoms with Gasteiger partial charge in [0.05, 0.1) is 23.3 Å². The molecule has 20 heavy (non-hydrogen) atoms. The number of nitrogens with two attached hydrogens (primary N) is 1. The van der Waals surface area contributed by atoms with Gasteiger partial charge in [-0.3, -0.25) is 9.69 Å². The van der Waals surface area contributed by atoms with E-state index in [1.54, 1.807) is 18.2 Å². The van der Waals surface area contributed by atoms with Crippen LogP contribution < -0.4 is 11.1 Å². The summed E-state index contributed by atoms with van der Waals surface area (Å²) >= 11 is 5.82. The van der Waals surface area contributed by atoms with Gasteiger partial charge in [0.25, 0.3) is 0 Å². The van der Waals surface area contributed by atoms with Crippen LogP contribution in [0.15, 0.2) is 18.2 Å². The van der Waals surface area contributed by atoms with E-state index in [4.69, 9.17) is 22.6 Å². The summed E-state index contributed by atoms with van der Waals surface area (Å²) in [5, 5.41) is 11.8. The van der Waals surface area contributed by atoms with Crippen LogP contribution in [0.3, 0.4) is 0 Å². The summed E-state index contributed by atoms with van der Waals surface area (Å²) in [6, 6.07) is 7.25. The number of carbonyl (C=O) groups excluding carboxylic acids is 1. The average molecular weight is 295 g/mol. The topological polar surface area (TPSA) is 82.2 Å². The molecule has 5 nitrogen and oxygen atoms in total. The first-order valence-corrected chi connectivity index (χ1v) is 6.77. The van der Waals surface area contributed by atoms with Gasteiger partial charge in [-0.05, 0) is 32.0 Å². The Morgan fingerprint density at radius 3 is 2.80 bits per heavy atom. The second-order valence-corrected chi connectivity index (χ2v) is 5.16. The summed E-state index contributed by atoms with van der Waals surface area (Å²) in [5.41, 5.74) is 6.72. The highest BCUT2D eigenvalue weighted by Gasteiger charge is 2.14. The molecule has 0 unspecified atom stereocenters. The lowest BCUT2D eigenvalue weighted by molar-refractivity contribution is -0.117. The van der Waals surface area contributed by atoms with E-state index < -0.39 is 0 Å². The van der Waals surface area contributed by atoms with Crippen LogP contribution in [0.5, 0.6) is 0 Å². The SMILES string of the molecule is CC(C)N(CCC#N)CC(=O)Nc1ccc(Cl)c(N)c1. The first-order chi connectivity index (χ1) is 9.43. The number of halogens is 1. The molecule has 1 amide bonds. The minimum absolute atomic E-state index is 0.140. The van der Waals surface area contributed by atoms with Crippen molar-refractivity contribution in [2.45, 2.75) is 26.3 Å². The van der Waals surface area contributed by atoms with Gasteiger partial charge in [0, 0.05) is 24.7 Å². The summed E-state index contributed by atoms with van der Waals surface area (Å²) in [7, 11) is 0. The molecular weight excluding hydrogens is 276 g/mol. The summed E-state index contributed by atoms with van der Waals surface area (Å²) < 4.78 is 0. The van der Waals surface area contributed by atoms with Crippen molar-refractivity contribution in [1.82, 2.24) is 4.90 Å². The molecule has 0 heterocycles. The van der Waals surface area contributed by atoms with Crippen LogP contribution in [0.4, 0.5) is 11.4 Å². The Kier molecular flexibility index (Phi) is 6.29. The number of nitrogens with zero attached hydrogens (tertiary/aromatic N) is 2. The van der Waals surface area contributed by atoms with Crippen molar-refractivity contribution >= 4 is 28.9 Å². The third-order valence-corrected chi connectivity index (χ3v) is 3.21. The number of rotatable bonds is 6. The Hall–Kier alpha value is -1.77. The van der Waals surface area contributed by atoms with Gasteiger partial charge < -0.3 is 11.1 Å². The van der Waals surface area contributed by atoms with E-state index in [0.717, 1.165) is 0 Å². The van der Waals surface area contributed by atoms with Gasteiger partial charge in [0.15, 0.2) is 0 Å². The van der Waals surface area contributed by atoms with Gasteiger partial charge in [-0.25, -0.2) is 0 Å². The molecule has 0 bridgehead atoms. The van der Waals surface area contributed by atoms with Gasteiger partial charge in [-0.15, -0.1) is 0 Å². The van der Waals surface area contributed by atoms with E-state index >= 15 is 0 Å². The third kappa shape index (κ3) is 5.08. The Morgan fingerprint density at radius 1 is 1.55 bits per heavy atom. The number of hydrogen-bond acceptors (Lipinski definition) is 4. The van der Waals surface area contributed by atoms with Crippen molar-refractivity contribution in [3.05, 3.63) is 23.2 Å². The van der Waals surface area contributed by atoms with Crippen LogP contribution in [0, 0.1) is 11.3 Å². The maximum Gasteiger partial charge on any atom is 0.238 e. The van der Waals surface area contributed by atoms with Crippen LogP contribution in [0.25, 0.3) is 0 Å². The second kappa shape index (κ2) is 7.73. The standard InChI is InChI=1S/C14H19ClN4O/c1-10(2)19(7-3-6-16)9-14(20)18-11-4-5-12(15)13(17)8-11/h4-5,8,10H,3,7,9,17H2,1-2H3,(H,18,20).